The van der Waals surface area contributed by atoms with E-state index in [1.165, 1.54) is 19.3 Å². The van der Waals surface area contributed by atoms with Crippen LogP contribution in [0.1, 0.15) is 73.6 Å². The van der Waals surface area contributed by atoms with E-state index >= 15 is 0 Å². The molecule has 2 rings (SSSR count). The number of hydrogen-bond donors (Lipinski definition) is 1. The third kappa shape index (κ3) is 5.65. The van der Waals surface area contributed by atoms with Crippen LogP contribution in [-0.4, -0.2) is 41.8 Å². The van der Waals surface area contributed by atoms with Gasteiger partial charge in [0, 0.05) is 25.2 Å². The summed E-state index contributed by atoms with van der Waals surface area (Å²) in [6, 6.07) is 1.19. The summed E-state index contributed by atoms with van der Waals surface area (Å²) in [5.41, 5.74) is -0.408. The SMILES string of the molecule is CC1CCC(C(C)C)C(NC2CCN(C(=O)OC(C)(C)C)CC2)C1. The second-order valence-electron chi connectivity index (χ2n) is 9.34. The summed E-state index contributed by atoms with van der Waals surface area (Å²) in [6.45, 7) is 14.5. The summed E-state index contributed by atoms with van der Waals surface area (Å²) in [5, 5.41) is 3.95. The zero-order valence-electron chi connectivity index (χ0n) is 16.6. The van der Waals surface area contributed by atoms with Crippen molar-refractivity contribution in [1.82, 2.24) is 10.2 Å². The third-order valence-electron chi connectivity index (χ3n) is 5.62. The fourth-order valence-electron chi connectivity index (χ4n) is 4.25. The molecule has 0 bridgehead atoms. The normalized spacial score (nSPS) is 29.8. The van der Waals surface area contributed by atoms with Crippen LogP contribution in [0.3, 0.4) is 0 Å². The van der Waals surface area contributed by atoms with Crippen LogP contribution in [0.4, 0.5) is 4.79 Å². The molecule has 1 aliphatic heterocycles. The largest absolute Gasteiger partial charge is 0.444 e. The van der Waals surface area contributed by atoms with Crippen molar-refractivity contribution in [2.45, 2.75) is 91.3 Å². The summed E-state index contributed by atoms with van der Waals surface area (Å²) in [6.07, 6.45) is 5.94. The Morgan fingerprint density at radius 3 is 2.29 bits per heavy atom. The lowest BCUT2D eigenvalue weighted by atomic mass is 9.73. The lowest BCUT2D eigenvalue weighted by Crippen LogP contribution is -2.52. The highest BCUT2D eigenvalue weighted by Gasteiger charge is 2.33. The van der Waals surface area contributed by atoms with Crippen molar-refractivity contribution < 1.29 is 9.53 Å². The van der Waals surface area contributed by atoms with E-state index in [-0.39, 0.29) is 6.09 Å². The molecule has 0 radical (unpaired) electrons. The van der Waals surface area contributed by atoms with Crippen molar-refractivity contribution >= 4 is 6.09 Å². The summed E-state index contributed by atoms with van der Waals surface area (Å²) in [4.78, 5) is 14.0. The molecule has 4 heteroatoms. The molecule has 0 spiro atoms. The van der Waals surface area contributed by atoms with Gasteiger partial charge in [-0.3, -0.25) is 0 Å². The van der Waals surface area contributed by atoms with Crippen LogP contribution >= 0.6 is 0 Å². The number of ether oxygens (including phenoxy) is 1. The zero-order chi connectivity index (χ0) is 17.9. The minimum absolute atomic E-state index is 0.160. The minimum Gasteiger partial charge on any atom is -0.444 e. The molecule has 1 N–H and O–H groups in total. The van der Waals surface area contributed by atoms with Gasteiger partial charge in [0.25, 0.3) is 0 Å². The lowest BCUT2D eigenvalue weighted by molar-refractivity contribution is 0.0188. The monoisotopic (exact) mass is 338 g/mol. The summed E-state index contributed by atoms with van der Waals surface area (Å²) >= 11 is 0. The highest BCUT2D eigenvalue weighted by molar-refractivity contribution is 5.68. The maximum absolute atomic E-state index is 12.2. The summed E-state index contributed by atoms with van der Waals surface area (Å²) in [5.74, 6) is 2.38. The van der Waals surface area contributed by atoms with Gasteiger partial charge in [0.2, 0.25) is 0 Å². The third-order valence-corrected chi connectivity index (χ3v) is 5.62. The first-order chi connectivity index (χ1) is 11.2. The molecule has 3 unspecified atom stereocenters. The van der Waals surface area contributed by atoms with Crippen LogP contribution in [-0.2, 0) is 4.74 Å². The molecular weight excluding hydrogens is 300 g/mol. The van der Waals surface area contributed by atoms with E-state index < -0.39 is 5.60 Å². The highest BCUT2D eigenvalue weighted by atomic mass is 16.6. The van der Waals surface area contributed by atoms with Crippen LogP contribution in [0, 0.1) is 17.8 Å². The predicted molar refractivity (Wildman–Crippen MR) is 99.1 cm³/mol. The minimum atomic E-state index is -0.408. The van der Waals surface area contributed by atoms with Crippen molar-refractivity contribution in [3.8, 4) is 0 Å². The van der Waals surface area contributed by atoms with Crippen LogP contribution in [0.5, 0.6) is 0 Å². The molecule has 1 amide bonds. The fourth-order valence-corrected chi connectivity index (χ4v) is 4.25. The Morgan fingerprint density at radius 2 is 1.75 bits per heavy atom. The van der Waals surface area contributed by atoms with E-state index in [2.05, 4.69) is 26.1 Å². The molecule has 1 saturated carbocycles. The Hall–Kier alpha value is -0.770. The second-order valence-corrected chi connectivity index (χ2v) is 9.34. The summed E-state index contributed by atoms with van der Waals surface area (Å²) in [7, 11) is 0. The van der Waals surface area contributed by atoms with Crippen molar-refractivity contribution in [2.24, 2.45) is 17.8 Å². The van der Waals surface area contributed by atoms with Gasteiger partial charge < -0.3 is 15.0 Å². The molecule has 1 aliphatic carbocycles. The zero-order valence-corrected chi connectivity index (χ0v) is 16.6. The van der Waals surface area contributed by atoms with Gasteiger partial charge in [-0.2, -0.15) is 0 Å². The topological polar surface area (TPSA) is 41.6 Å². The second kappa shape index (κ2) is 8.07. The average Bonchev–Trinajstić information content (AvgIpc) is 2.46. The van der Waals surface area contributed by atoms with Crippen molar-refractivity contribution in [1.29, 1.82) is 0 Å². The van der Waals surface area contributed by atoms with Crippen LogP contribution in [0.2, 0.25) is 0 Å². The number of piperidine rings is 1. The highest BCUT2D eigenvalue weighted by Crippen LogP contribution is 2.34. The summed E-state index contributed by atoms with van der Waals surface area (Å²) < 4.78 is 5.49. The fraction of sp³-hybridized carbons (Fsp3) is 0.950. The number of rotatable bonds is 3. The van der Waals surface area contributed by atoms with E-state index in [1.54, 1.807) is 0 Å². The van der Waals surface area contributed by atoms with Crippen molar-refractivity contribution in [3.05, 3.63) is 0 Å². The molecule has 0 aromatic heterocycles. The Bertz CT molecular complexity index is 408. The predicted octanol–water partition coefficient (Wildman–Crippen LogP) is 4.44. The molecule has 4 nitrogen and oxygen atoms in total. The van der Waals surface area contributed by atoms with E-state index in [0.29, 0.717) is 12.1 Å². The van der Waals surface area contributed by atoms with Crippen molar-refractivity contribution in [3.63, 3.8) is 0 Å². The van der Waals surface area contributed by atoms with Gasteiger partial charge >= 0.3 is 6.09 Å². The van der Waals surface area contributed by atoms with Crippen LogP contribution < -0.4 is 5.32 Å². The van der Waals surface area contributed by atoms with Gasteiger partial charge in [-0.05, 0) is 64.2 Å². The van der Waals surface area contributed by atoms with Gasteiger partial charge in [0.1, 0.15) is 5.60 Å². The van der Waals surface area contributed by atoms with Gasteiger partial charge in [-0.25, -0.2) is 4.79 Å². The van der Waals surface area contributed by atoms with Crippen LogP contribution in [0.25, 0.3) is 0 Å². The maximum atomic E-state index is 12.2. The number of nitrogens with zero attached hydrogens (tertiary/aromatic N) is 1. The molecule has 3 atom stereocenters. The van der Waals surface area contributed by atoms with Gasteiger partial charge in [0.05, 0.1) is 0 Å². The van der Waals surface area contributed by atoms with E-state index in [1.807, 2.05) is 25.7 Å². The first kappa shape index (κ1) is 19.6. The van der Waals surface area contributed by atoms with E-state index in [4.69, 9.17) is 4.74 Å². The molecular formula is C20H38N2O2. The Morgan fingerprint density at radius 1 is 1.12 bits per heavy atom. The van der Waals surface area contributed by atoms with Gasteiger partial charge in [-0.15, -0.1) is 0 Å². The van der Waals surface area contributed by atoms with E-state index in [0.717, 1.165) is 43.7 Å². The molecule has 0 aromatic rings. The first-order valence-corrected chi connectivity index (χ1v) is 9.89. The lowest BCUT2D eigenvalue weighted by Gasteiger charge is -2.42. The Kier molecular flexibility index (Phi) is 6.58. The smallest absolute Gasteiger partial charge is 0.410 e. The number of hydrogen-bond acceptors (Lipinski definition) is 3. The number of carbonyl (C=O) groups is 1. The van der Waals surface area contributed by atoms with E-state index in [9.17, 15) is 4.79 Å². The molecule has 0 aromatic carbocycles. The maximum Gasteiger partial charge on any atom is 0.410 e. The molecule has 140 valence electrons. The van der Waals surface area contributed by atoms with Crippen LogP contribution in [0.15, 0.2) is 0 Å². The number of amides is 1. The first-order valence-electron chi connectivity index (χ1n) is 9.89. The molecule has 2 aliphatic rings. The number of carbonyl (C=O) groups excluding carboxylic acids is 1. The van der Waals surface area contributed by atoms with Crippen molar-refractivity contribution in [2.75, 3.05) is 13.1 Å². The van der Waals surface area contributed by atoms with Gasteiger partial charge in [0.15, 0.2) is 0 Å². The van der Waals surface area contributed by atoms with Gasteiger partial charge in [-0.1, -0.05) is 27.2 Å². The molecule has 2 fully saturated rings. The Labute approximate surface area is 148 Å². The number of nitrogens with one attached hydrogen (secondary N) is 1. The molecule has 1 saturated heterocycles. The standard InChI is InChI=1S/C20H38N2O2/c1-14(2)17-8-7-15(3)13-18(17)21-16-9-11-22(12-10-16)19(23)24-20(4,5)6/h14-18,21H,7-13H2,1-6H3. The molecule has 24 heavy (non-hydrogen) atoms. The molecule has 1 heterocycles. The number of likely N-dealkylation sites (tertiary alicyclic amines) is 1. The quantitative estimate of drug-likeness (QED) is 0.827. The Balaban J connectivity index is 1.82. The average molecular weight is 339 g/mol.